The number of anilines is 1. The van der Waals surface area contributed by atoms with Crippen molar-refractivity contribution < 1.29 is 14.7 Å². The Morgan fingerprint density at radius 1 is 1.32 bits per heavy atom. The van der Waals surface area contributed by atoms with Crippen LogP contribution in [0.1, 0.15) is 52.6 Å². The predicted molar refractivity (Wildman–Crippen MR) is 83.3 cm³/mol. The minimum atomic E-state index is -1.18. The second kappa shape index (κ2) is 6.43. The molecule has 0 saturated heterocycles. The van der Waals surface area contributed by atoms with Crippen LogP contribution in [-0.4, -0.2) is 26.8 Å². The number of amides is 1. The van der Waals surface area contributed by atoms with Crippen LogP contribution >= 0.6 is 0 Å². The fourth-order valence-electron chi connectivity index (χ4n) is 2.13. The largest absolute Gasteiger partial charge is 0.478 e. The van der Waals surface area contributed by atoms with Crippen molar-refractivity contribution in [2.75, 3.05) is 5.32 Å². The Balaban J connectivity index is 2.17. The number of carboxylic acids is 1. The number of carbonyl (C=O) groups is 2. The molecule has 6 heteroatoms. The lowest BCUT2D eigenvalue weighted by molar-refractivity contribution is 0.0692. The Morgan fingerprint density at radius 2 is 1.95 bits per heavy atom. The summed E-state index contributed by atoms with van der Waals surface area (Å²) in [6.07, 6.45) is 2.35. The molecule has 2 rings (SSSR count). The summed E-state index contributed by atoms with van der Waals surface area (Å²) in [6.45, 7) is 4.26. The first-order valence-corrected chi connectivity index (χ1v) is 7.10. The van der Waals surface area contributed by atoms with Crippen LogP contribution in [0.5, 0.6) is 0 Å². The Kier molecular flexibility index (Phi) is 4.60. The lowest BCUT2D eigenvalue weighted by Gasteiger charge is -2.10. The number of aromatic nitrogens is 2. The van der Waals surface area contributed by atoms with Crippen LogP contribution in [0.25, 0.3) is 0 Å². The summed E-state index contributed by atoms with van der Waals surface area (Å²) in [6, 6.07) is 7.53. The van der Waals surface area contributed by atoms with E-state index in [1.54, 1.807) is 7.05 Å². The zero-order chi connectivity index (χ0) is 16.3. The van der Waals surface area contributed by atoms with Crippen molar-refractivity contribution in [3.05, 3.63) is 47.3 Å². The molecule has 116 valence electrons. The van der Waals surface area contributed by atoms with E-state index >= 15 is 0 Å². The van der Waals surface area contributed by atoms with Crippen LogP contribution in [0.2, 0.25) is 0 Å². The summed E-state index contributed by atoms with van der Waals surface area (Å²) in [5.74, 6) is -1.25. The molecule has 1 atom stereocenters. The van der Waals surface area contributed by atoms with Crippen LogP contribution in [0.3, 0.4) is 0 Å². The molecule has 1 aromatic carbocycles. The number of aryl methyl sites for hydroxylation is 1. The zero-order valence-corrected chi connectivity index (χ0v) is 12.8. The Morgan fingerprint density at radius 3 is 2.50 bits per heavy atom. The van der Waals surface area contributed by atoms with Crippen LogP contribution in [0.4, 0.5) is 5.69 Å². The summed E-state index contributed by atoms with van der Waals surface area (Å²) in [5, 5.41) is 15.7. The van der Waals surface area contributed by atoms with Crippen molar-refractivity contribution in [1.82, 2.24) is 9.78 Å². The van der Waals surface area contributed by atoms with Gasteiger partial charge < -0.3 is 10.4 Å². The highest BCUT2D eigenvalue weighted by atomic mass is 16.4. The lowest BCUT2D eigenvalue weighted by atomic mass is 9.99. The molecule has 0 aliphatic heterocycles. The molecule has 6 nitrogen and oxygen atoms in total. The Hall–Kier alpha value is -2.63. The summed E-state index contributed by atoms with van der Waals surface area (Å²) in [4.78, 5) is 23.3. The summed E-state index contributed by atoms with van der Waals surface area (Å²) >= 11 is 0. The number of carbonyl (C=O) groups excluding carboxylic acids is 1. The first-order valence-electron chi connectivity index (χ1n) is 7.10. The molecule has 0 aliphatic carbocycles. The van der Waals surface area contributed by atoms with Crippen molar-refractivity contribution in [2.45, 2.75) is 26.2 Å². The maximum Gasteiger partial charge on any atom is 0.339 e. The van der Waals surface area contributed by atoms with E-state index < -0.39 is 11.9 Å². The van der Waals surface area contributed by atoms with Gasteiger partial charge in [0.1, 0.15) is 5.56 Å². The fourth-order valence-corrected chi connectivity index (χ4v) is 2.13. The topological polar surface area (TPSA) is 84.2 Å². The molecule has 1 aromatic heterocycles. The molecule has 0 spiro atoms. The van der Waals surface area contributed by atoms with Crippen molar-refractivity contribution >= 4 is 17.6 Å². The van der Waals surface area contributed by atoms with Gasteiger partial charge in [0.25, 0.3) is 5.91 Å². The van der Waals surface area contributed by atoms with Crippen LogP contribution in [0, 0.1) is 0 Å². The number of nitrogens with zero attached hydrogens (tertiary/aromatic N) is 2. The van der Waals surface area contributed by atoms with E-state index in [0.717, 1.165) is 6.42 Å². The lowest BCUT2D eigenvalue weighted by Crippen LogP contribution is -2.16. The average Bonchev–Trinajstić information content (AvgIpc) is 2.89. The highest BCUT2D eigenvalue weighted by Gasteiger charge is 2.21. The first-order chi connectivity index (χ1) is 10.4. The van der Waals surface area contributed by atoms with E-state index in [1.165, 1.54) is 16.4 Å². The number of aromatic carboxylic acids is 1. The first kappa shape index (κ1) is 15.8. The maximum atomic E-state index is 12.2. The van der Waals surface area contributed by atoms with Crippen molar-refractivity contribution in [3.8, 4) is 0 Å². The maximum absolute atomic E-state index is 12.2. The fraction of sp³-hybridized carbons (Fsp3) is 0.312. The Labute approximate surface area is 128 Å². The van der Waals surface area contributed by atoms with E-state index in [4.69, 9.17) is 5.11 Å². The quantitative estimate of drug-likeness (QED) is 0.889. The second-order valence-corrected chi connectivity index (χ2v) is 5.26. The molecule has 0 saturated carbocycles. The number of carboxylic acid groups (broad SMARTS) is 1. The monoisotopic (exact) mass is 301 g/mol. The van der Waals surface area contributed by atoms with E-state index in [0.29, 0.717) is 11.6 Å². The van der Waals surface area contributed by atoms with Crippen molar-refractivity contribution in [3.63, 3.8) is 0 Å². The summed E-state index contributed by atoms with van der Waals surface area (Å²) in [5.41, 5.74) is 1.60. The third-order valence-corrected chi connectivity index (χ3v) is 3.62. The van der Waals surface area contributed by atoms with Crippen molar-refractivity contribution in [1.29, 1.82) is 0 Å². The van der Waals surface area contributed by atoms with Gasteiger partial charge in [0, 0.05) is 18.9 Å². The number of hydrogen-bond acceptors (Lipinski definition) is 3. The standard InChI is InChI=1S/C16H19N3O3/c1-4-10(2)11-5-7-12(8-6-11)17-15(20)14-13(16(21)22)9-19(3)18-14/h5-10H,4H2,1-3H3,(H,17,20)(H,21,22). The second-order valence-electron chi connectivity index (χ2n) is 5.26. The molecule has 0 radical (unpaired) electrons. The van der Waals surface area contributed by atoms with E-state index in [2.05, 4.69) is 24.3 Å². The van der Waals surface area contributed by atoms with Crippen LogP contribution < -0.4 is 5.32 Å². The molecule has 22 heavy (non-hydrogen) atoms. The molecule has 2 aromatic rings. The third-order valence-electron chi connectivity index (χ3n) is 3.62. The van der Waals surface area contributed by atoms with Gasteiger partial charge in [-0.3, -0.25) is 9.48 Å². The van der Waals surface area contributed by atoms with E-state index in [9.17, 15) is 9.59 Å². The van der Waals surface area contributed by atoms with Crippen molar-refractivity contribution in [2.24, 2.45) is 7.05 Å². The van der Waals surface area contributed by atoms with Gasteiger partial charge in [-0.25, -0.2) is 4.79 Å². The van der Waals surface area contributed by atoms with Crippen LogP contribution in [0.15, 0.2) is 30.5 Å². The van der Waals surface area contributed by atoms with Gasteiger partial charge in [-0.05, 0) is 30.0 Å². The van der Waals surface area contributed by atoms with Gasteiger partial charge in [0.15, 0.2) is 5.69 Å². The van der Waals surface area contributed by atoms with Crippen LogP contribution in [-0.2, 0) is 7.05 Å². The molecule has 1 amide bonds. The van der Waals surface area contributed by atoms with Gasteiger partial charge >= 0.3 is 5.97 Å². The normalized spacial score (nSPS) is 12.0. The number of hydrogen-bond donors (Lipinski definition) is 2. The predicted octanol–water partition coefficient (Wildman–Crippen LogP) is 2.88. The number of benzene rings is 1. The summed E-state index contributed by atoms with van der Waals surface area (Å²) in [7, 11) is 1.57. The number of nitrogens with one attached hydrogen (secondary N) is 1. The average molecular weight is 301 g/mol. The molecule has 1 unspecified atom stereocenters. The zero-order valence-electron chi connectivity index (χ0n) is 12.8. The summed E-state index contributed by atoms with van der Waals surface area (Å²) < 4.78 is 1.31. The van der Waals surface area contributed by atoms with E-state index in [-0.39, 0.29) is 11.3 Å². The van der Waals surface area contributed by atoms with Gasteiger partial charge in [0.2, 0.25) is 0 Å². The molecule has 0 bridgehead atoms. The van der Waals surface area contributed by atoms with Gasteiger partial charge in [-0.1, -0.05) is 26.0 Å². The van der Waals surface area contributed by atoms with E-state index in [1.807, 2.05) is 24.3 Å². The highest BCUT2D eigenvalue weighted by molar-refractivity contribution is 6.09. The molecule has 1 heterocycles. The smallest absolute Gasteiger partial charge is 0.339 e. The molecular weight excluding hydrogens is 282 g/mol. The SMILES string of the molecule is CCC(C)c1ccc(NC(=O)c2nn(C)cc2C(=O)O)cc1. The third kappa shape index (κ3) is 3.33. The minimum Gasteiger partial charge on any atom is -0.478 e. The highest BCUT2D eigenvalue weighted by Crippen LogP contribution is 2.21. The van der Waals surface area contributed by atoms with Gasteiger partial charge in [0.05, 0.1) is 0 Å². The Bertz CT molecular complexity index is 689. The molecular formula is C16H19N3O3. The molecule has 0 fully saturated rings. The minimum absolute atomic E-state index is 0.0963. The molecule has 0 aliphatic rings. The van der Waals surface area contributed by atoms with Gasteiger partial charge in [-0.2, -0.15) is 5.10 Å². The van der Waals surface area contributed by atoms with Gasteiger partial charge in [-0.15, -0.1) is 0 Å². The number of rotatable bonds is 5. The molecule has 2 N–H and O–H groups in total.